The molecule has 2 aromatic heterocycles. The van der Waals surface area contributed by atoms with E-state index in [9.17, 15) is 4.79 Å². The lowest BCUT2D eigenvalue weighted by Gasteiger charge is -2.32. The molecule has 1 amide bonds. The van der Waals surface area contributed by atoms with Crippen molar-refractivity contribution in [1.29, 1.82) is 0 Å². The normalized spacial score (nSPS) is 18.0. The zero-order valence-electron chi connectivity index (χ0n) is 14.5. The third kappa shape index (κ3) is 3.45. The van der Waals surface area contributed by atoms with Gasteiger partial charge in [-0.2, -0.15) is 0 Å². The number of furan rings is 1. The zero-order valence-corrected chi connectivity index (χ0v) is 14.5. The summed E-state index contributed by atoms with van der Waals surface area (Å²) in [6.45, 7) is 3.67. The highest BCUT2D eigenvalue weighted by Gasteiger charge is 2.26. The minimum atomic E-state index is 0.202. The molecule has 3 aromatic rings. The number of nitrogens with one attached hydrogen (secondary N) is 1. The molecule has 1 N–H and O–H groups in total. The van der Waals surface area contributed by atoms with Crippen molar-refractivity contribution in [1.82, 2.24) is 14.9 Å². The van der Waals surface area contributed by atoms with Gasteiger partial charge in [0, 0.05) is 31.8 Å². The van der Waals surface area contributed by atoms with Gasteiger partial charge in [0.1, 0.15) is 11.6 Å². The molecule has 1 aromatic carbocycles. The van der Waals surface area contributed by atoms with Crippen molar-refractivity contribution in [3.05, 3.63) is 53.7 Å². The molecule has 0 spiro atoms. The molecule has 4 rings (SSSR count). The summed E-state index contributed by atoms with van der Waals surface area (Å²) in [7, 11) is 0. The lowest BCUT2D eigenvalue weighted by atomic mass is 9.97. The van der Waals surface area contributed by atoms with Gasteiger partial charge in [0.05, 0.1) is 17.3 Å². The Bertz CT molecular complexity index is 866. The average molecular weight is 337 g/mol. The Hall–Kier alpha value is -2.56. The average Bonchev–Trinajstić information content (AvgIpc) is 3.28. The number of carbonyl (C=O) groups excluding carboxylic acids is 1. The SMILES string of the molecule is Cc1ccc2nc([C@@H]3CCCN(C(=O)CCc4ccco4)C3)[nH]c2c1. The predicted octanol–water partition coefficient (Wildman–Crippen LogP) is 3.80. The molecule has 1 aliphatic rings. The number of fused-ring (bicyclic) bond motifs is 1. The molecule has 130 valence electrons. The first-order chi connectivity index (χ1) is 12.2. The second-order valence-corrected chi connectivity index (χ2v) is 6.90. The van der Waals surface area contributed by atoms with Gasteiger partial charge in [0.15, 0.2) is 0 Å². The standard InChI is InChI=1S/C20H23N3O2/c1-14-6-8-17-18(12-14)22-20(21-17)15-4-2-10-23(13-15)19(24)9-7-16-5-3-11-25-16/h3,5-6,8,11-12,15H,2,4,7,9-10,13H2,1H3,(H,21,22)/t15-/m1/s1. The van der Waals surface area contributed by atoms with Crippen LogP contribution in [0.15, 0.2) is 41.0 Å². The second kappa shape index (κ2) is 6.75. The lowest BCUT2D eigenvalue weighted by Crippen LogP contribution is -2.39. The maximum atomic E-state index is 12.5. The summed E-state index contributed by atoms with van der Waals surface area (Å²) in [6.07, 6.45) is 4.91. The summed E-state index contributed by atoms with van der Waals surface area (Å²) in [5.74, 6) is 2.36. The molecule has 1 fully saturated rings. The number of H-pyrrole nitrogens is 1. The number of piperidine rings is 1. The van der Waals surface area contributed by atoms with E-state index in [1.165, 1.54) is 5.56 Å². The van der Waals surface area contributed by atoms with E-state index in [0.29, 0.717) is 12.8 Å². The van der Waals surface area contributed by atoms with Crippen LogP contribution in [0.5, 0.6) is 0 Å². The Morgan fingerprint density at radius 3 is 3.16 bits per heavy atom. The van der Waals surface area contributed by atoms with Crippen LogP contribution in [0.2, 0.25) is 0 Å². The van der Waals surface area contributed by atoms with Gasteiger partial charge in [-0.1, -0.05) is 6.07 Å². The Kier molecular flexibility index (Phi) is 4.30. The van der Waals surface area contributed by atoms with Crippen LogP contribution >= 0.6 is 0 Å². The number of hydrogen-bond acceptors (Lipinski definition) is 3. The van der Waals surface area contributed by atoms with Crippen molar-refractivity contribution < 1.29 is 9.21 Å². The van der Waals surface area contributed by atoms with Crippen molar-refractivity contribution >= 4 is 16.9 Å². The van der Waals surface area contributed by atoms with Gasteiger partial charge in [-0.25, -0.2) is 4.98 Å². The van der Waals surface area contributed by atoms with Gasteiger partial charge < -0.3 is 14.3 Å². The smallest absolute Gasteiger partial charge is 0.223 e. The van der Waals surface area contributed by atoms with E-state index in [0.717, 1.165) is 48.5 Å². The van der Waals surface area contributed by atoms with Crippen molar-refractivity contribution in [3.63, 3.8) is 0 Å². The third-order valence-corrected chi connectivity index (χ3v) is 4.98. The number of aromatic nitrogens is 2. The van der Waals surface area contributed by atoms with E-state index in [1.54, 1.807) is 6.26 Å². The van der Waals surface area contributed by atoms with E-state index in [1.807, 2.05) is 17.0 Å². The zero-order chi connectivity index (χ0) is 17.2. The Morgan fingerprint density at radius 1 is 1.40 bits per heavy atom. The first-order valence-electron chi connectivity index (χ1n) is 8.95. The summed E-state index contributed by atoms with van der Waals surface area (Å²) in [5.41, 5.74) is 3.30. The molecule has 1 aliphatic heterocycles. The molecule has 0 unspecified atom stereocenters. The second-order valence-electron chi connectivity index (χ2n) is 6.90. The van der Waals surface area contributed by atoms with E-state index in [-0.39, 0.29) is 11.8 Å². The molecule has 25 heavy (non-hydrogen) atoms. The van der Waals surface area contributed by atoms with E-state index in [4.69, 9.17) is 9.40 Å². The largest absolute Gasteiger partial charge is 0.469 e. The fraction of sp³-hybridized carbons (Fsp3) is 0.400. The Balaban J connectivity index is 1.43. The topological polar surface area (TPSA) is 62.1 Å². The van der Waals surface area contributed by atoms with Crippen LogP contribution in [0.25, 0.3) is 11.0 Å². The molecular formula is C20H23N3O2. The minimum absolute atomic E-state index is 0.202. The molecule has 1 saturated heterocycles. The number of likely N-dealkylation sites (tertiary alicyclic amines) is 1. The van der Waals surface area contributed by atoms with Gasteiger partial charge >= 0.3 is 0 Å². The van der Waals surface area contributed by atoms with Crippen LogP contribution in [0.3, 0.4) is 0 Å². The number of imidazole rings is 1. The van der Waals surface area contributed by atoms with Crippen LogP contribution in [-0.2, 0) is 11.2 Å². The molecule has 0 saturated carbocycles. The number of amides is 1. The number of nitrogens with zero attached hydrogens (tertiary/aromatic N) is 2. The molecule has 0 bridgehead atoms. The number of aryl methyl sites for hydroxylation is 2. The van der Waals surface area contributed by atoms with E-state index >= 15 is 0 Å². The quantitative estimate of drug-likeness (QED) is 0.787. The van der Waals surface area contributed by atoms with Crippen LogP contribution in [0.1, 0.15) is 42.3 Å². The van der Waals surface area contributed by atoms with Gasteiger partial charge in [-0.05, 0) is 49.6 Å². The highest BCUT2D eigenvalue weighted by Crippen LogP contribution is 2.27. The third-order valence-electron chi connectivity index (χ3n) is 4.98. The Labute approximate surface area is 147 Å². The number of carbonyl (C=O) groups is 1. The molecule has 0 aliphatic carbocycles. The summed E-state index contributed by atoms with van der Waals surface area (Å²) in [4.78, 5) is 22.7. The lowest BCUT2D eigenvalue weighted by molar-refractivity contribution is -0.132. The van der Waals surface area contributed by atoms with Crippen LogP contribution in [0, 0.1) is 6.92 Å². The van der Waals surface area contributed by atoms with Crippen molar-refractivity contribution in [2.24, 2.45) is 0 Å². The molecular weight excluding hydrogens is 314 g/mol. The maximum absolute atomic E-state index is 12.5. The molecule has 5 heteroatoms. The summed E-state index contributed by atoms with van der Waals surface area (Å²) in [5, 5.41) is 0. The van der Waals surface area contributed by atoms with Crippen LogP contribution in [0.4, 0.5) is 0 Å². The predicted molar refractivity (Wildman–Crippen MR) is 96.4 cm³/mol. The maximum Gasteiger partial charge on any atom is 0.223 e. The highest BCUT2D eigenvalue weighted by atomic mass is 16.3. The first-order valence-corrected chi connectivity index (χ1v) is 8.95. The van der Waals surface area contributed by atoms with Crippen LogP contribution in [-0.4, -0.2) is 33.9 Å². The summed E-state index contributed by atoms with van der Waals surface area (Å²) < 4.78 is 5.32. The minimum Gasteiger partial charge on any atom is -0.469 e. The Morgan fingerprint density at radius 2 is 2.32 bits per heavy atom. The number of aromatic amines is 1. The molecule has 5 nitrogen and oxygen atoms in total. The monoisotopic (exact) mass is 337 g/mol. The number of rotatable bonds is 4. The van der Waals surface area contributed by atoms with Crippen molar-refractivity contribution in [2.45, 2.75) is 38.5 Å². The first kappa shape index (κ1) is 15.9. The van der Waals surface area contributed by atoms with E-state index < -0.39 is 0 Å². The van der Waals surface area contributed by atoms with Gasteiger partial charge in [0.25, 0.3) is 0 Å². The van der Waals surface area contributed by atoms with Gasteiger partial charge in [-0.15, -0.1) is 0 Å². The van der Waals surface area contributed by atoms with Crippen LogP contribution < -0.4 is 0 Å². The van der Waals surface area contributed by atoms with Gasteiger partial charge in [0.2, 0.25) is 5.91 Å². The number of hydrogen-bond donors (Lipinski definition) is 1. The fourth-order valence-electron chi connectivity index (χ4n) is 3.61. The molecule has 3 heterocycles. The number of benzene rings is 1. The summed E-state index contributed by atoms with van der Waals surface area (Å²) >= 11 is 0. The summed E-state index contributed by atoms with van der Waals surface area (Å²) in [6, 6.07) is 10.0. The highest BCUT2D eigenvalue weighted by molar-refractivity contribution is 5.77. The van der Waals surface area contributed by atoms with E-state index in [2.05, 4.69) is 30.1 Å². The van der Waals surface area contributed by atoms with Crippen molar-refractivity contribution in [2.75, 3.05) is 13.1 Å². The fourth-order valence-corrected chi connectivity index (χ4v) is 3.61. The van der Waals surface area contributed by atoms with Gasteiger partial charge in [-0.3, -0.25) is 4.79 Å². The molecule has 1 atom stereocenters. The van der Waals surface area contributed by atoms with Crippen molar-refractivity contribution in [3.8, 4) is 0 Å². The molecule has 0 radical (unpaired) electrons.